The average molecular weight is 682 g/mol. The molecule has 0 fully saturated rings. The smallest absolute Gasteiger partial charge is 0.306 e. The lowest BCUT2D eigenvalue weighted by Gasteiger charge is -2.25. The van der Waals surface area contributed by atoms with Crippen LogP contribution in [0.2, 0.25) is 0 Å². The quantitative estimate of drug-likeness (QED) is 0.0516. The van der Waals surface area contributed by atoms with Crippen molar-refractivity contribution in [1.82, 2.24) is 4.90 Å². The standard InChI is InChI=1S/C42H83NO5/c1-5-8-11-13-16-22-30-40(31-23-17-14-12-9-6-2)48-42(46)33-25-20-21-29-39(4)38-43(35-28-36-44)34-26-19-15-18-24-32-41(45)47-37-27-10-7-3/h39-40,44H,5-38H2,1-4H3. The maximum absolute atomic E-state index is 12.7. The lowest BCUT2D eigenvalue weighted by Crippen LogP contribution is -2.31. The second-order valence-corrected chi connectivity index (χ2v) is 14.8. The van der Waals surface area contributed by atoms with Crippen LogP contribution in [0.4, 0.5) is 0 Å². The normalized spacial score (nSPS) is 12.2. The molecule has 0 spiro atoms. The molecule has 0 heterocycles. The summed E-state index contributed by atoms with van der Waals surface area (Å²) in [4.78, 5) is 27.1. The van der Waals surface area contributed by atoms with Gasteiger partial charge in [-0.15, -0.1) is 0 Å². The molecule has 0 rings (SSSR count). The summed E-state index contributed by atoms with van der Waals surface area (Å²) in [5.41, 5.74) is 0. The summed E-state index contributed by atoms with van der Waals surface area (Å²) in [5, 5.41) is 9.41. The van der Waals surface area contributed by atoms with Crippen molar-refractivity contribution in [3.63, 3.8) is 0 Å². The van der Waals surface area contributed by atoms with E-state index in [1.54, 1.807) is 0 Å². The van der Waals surface area contributed by atoms with E-state index in [0.29, 0.717) is 25.4 Å². The van der Waals surface area contributed by atoms with Crippen LogP contribution in [0.5, 0.6) is 0 Å². The van der Waals surface area contributed by atoms with Crippen molar-refractivity contribution in [2.75, 3.05) is 32.8 Å². The van der Waals surface area contributed by atoms with E-state index in [4.69, 9.17) is 9.47 Å². The van der Waals surface area contributed by atoms with Gasteiger partial charge in [0.25, 0.3) is 0 Å². The highest BCUT2D eigenvalue weighted by molar-refractivity contribution is 5.69. The van der Waals surface area contributed by atoms with Crippen LogP contribution in [0, 0.1) is 5.92 Å². The van der Waals surface area contributed by atoms with Gasteiger partial charge in [-0.25, -0.2) is 0 Å². The molecule has 6 heteroatoms. The van der Waals surface area contributed by atoms with E-state index in [1.807, 2.05) is 0 Å². The zero-order valence-corrected chi connectivity index (χ0v) is 32.7. The first kappa shape index (κ1) is 46.9. The summed E-state index contributed by atoms with van der Waals surface area (Å²) in [6.07, 6.45) is 32.6. The molecule has 0 aromatic rings. The first-order valence-corrected chi connectivity index (χ1v) is 21.1. The first-order valence-electron chi connectivity index (χ1n) is 21.1. The minimum atomic E-state index is -0.0403. The van der Waals surface area contributed by atoms with Gasteiger partial charge in [0.1, 0.15) is 6.10 Å². The maximum Gasteiger partial charge on any atom is 0.306 e. The molecule has 1 N–H and O–H groups in total. The van der Waals surface area contributed by atoms with Gasteiger partial charge in [-0.2, -0.15) is 0 Å². The summed E-state index contributed by atoms with van der Waals surface area (Å²) < 4.78 is 11.3. The van der Waals surface area contributed by atoms with E-state index < -0.39 is 0 Å². The van der Waals surface area contributed by atoms with Gasteiger partial charge < -0.3 is 19.5 Å². The van der Waals surface area contributed by atoms with Gasteiger partial charge in [-0.3, -0.25) is 9.59 Å². The Morgan fingerprint density at radius 2 is 1.00 bits per heavy atom. The number of nitrogens with zero attached hydrogens (tertiary/aromatic N) is 1. The van der Waals surface area contributed by atoms with Crippen molar-refractivity contribution in [3.05, 3.63) is 0 Å². The molecule has 6 nitrogen and oxygen atoms in total. The lowest BCUT2D eigenvalue weighted by atomic mass is 10.0. The molecule has 0 saturated carbocycles. The van der Waals surface area contributed by atoms with E-state index in [1.165, 1.54) is 96.3 Å². The molecule has 1 unspecified atom stereocenters. The molecule has 0 bridgehead atoms. The number of hydrogen-bond donors (Lipinski definition) is 1. The van der Waals surface area contributed by atoms with E-state index >= 15 is 0 Å². The molecule has 48 heavy (non-hydrogen) atoms. The van der Waals surface area contributed by atoms with Gasteiger partial charge in [0.05, 0.1) is 6.61 Å². The Morgan fingerprint density at radius 1 is 0.542 bits per heavy atom. The fraction of sp³-hybridized carbons (Fsp3) is 0.952. The Morgan fingerprint density at radius 3 is 1.60 bits per heavy atom. The highest BCUT2D eigenvalue weighted by Crippen LogP contribution is 2.19. The van der Waals surface area contributed by atoms with Crippen LogP contribution in [0.25, 0.3) is 0 Å². The summed E-state index contributed by atoms with van der Waals surface area (Å²) in [6.45, 7) is 12.9. The van der Waals surface area contributed by atoms with Gasteiger partial charge in [-0.05, 0) is 76.7 Å². The topological polar surface area (TPSA) is 76.1 Å². The molecule has 0 aromatic carbocycles. The Balaban J connectivity index is 4.21. The molecule has 286 valence electrons. The van der Waals surface area contributed by atoms with Crippen LogP contribution in [0.15, 0.2) is 0 Å². The van der Waals surface area contributed by atoms with Crippen molar-refractivity contribution in [2.45, 2.75) is 220 Å². The van der Waals surface area contributed by atoms with Crippen molar-refractivity contribution in [2.24, 2.45) is 5.92 Å². The predicted octanol–water partition coefficient (Wildman–Crippen LogP) is 11.7. The second kappa shape index (κ2) is 37.1. The monoisotopic (exact) mass is 682 g/mol. The molecule has 0 saturated heterocycles. The third kappa shape index (κ3) is 33.4. The summed E-state index contributed by atoms with van der Waals surface area (Å²) >= 11 is 0. The fourth-order valence-electron chi connectivity index (χ4n) is 6.62. The maximum atomic E-state index is 12.7. The van der Waals surface area contributed by atoms with Crippen LogP contribution in [0.3, 0.4) is 0 Å². The zero-order chi connectivity index (χ0) is 35.3. The van der Waals surface area contributed by atoms with E-state index in [9.17, 15) is 14.7 Å². The highest BCUT2D eigenvalue weighted by atomic mass is 16.5. The van der Waals surface area contributed by atoms with Gasteiger partial charge in [-0.1, -0.05) is 137 Å². The van der Waals surface area contributed by atoms with Gasteiger partial charge in [0.15, 0.2) is 0 Å². The molecular weight excluding hydrogens is 598 g/mol. The molecular formula is C42H83NO5. The van der Waals surface area contributed by atoms with Crippen molar-refractivity contribution < 1.29 is 24.2 Å². The number of aliphatic hydroxyl groups is 1. The van der Waals surface area contributed by atoms with E-state index in [-0.39, 0.29) is 24.6 Å². The Labute approximate surface area is 299 Å². The van der Waals surface area contributed by atoms with Crippen LogP contribution in [0.1, 0.15) is 214 Å². The minimum Gasteiger partial charge on any atom is -0.466 e. The minimum absolute atomic E-state index is 0.0162. The average Bonchev–Trinajstić information content (AvgIpc) is 3.07. The Bertz CT molecular complexity index is 671. The number of ether oxygens (including phenoxy) is 2. The molecule has 0 aliphatic rings. The van der Waals surface area contributed by atoms with Crippen LogP contribution in [-0.2, 0) is 19.1 Å². The number of aliphatic hydroxyl groups excluding tert-OH is 1. The molecule has 0 amide bonds. The second-order valence-electron chi connectivity index (χ2n) is 14.8. The number of unbranched alkanes of at least 4 members (excludes halogenated alkanes) is 18. The van der Waals surface area contributed by atoms with Crippen molar-refractivity contribution >= 4 is 11.9 Å². The number of hydrogen-bond acceptors (Lipinski definition) is 6. The predicted molar refractivity (Wildman–Crippen MR) is 204 cm³/mol. The summed E-state index contributed by atoms with van der Waals surface area (Å²) in [6, 6.07) is 0. The largest absolute Gasteiger partial charge is 0.466 e. The van der Waals surface area contributed by atoms with Gasteiger partial charge >= 0.3 is 11.9 Å². The zero-order valence-electron chi connectivity index (χ0n) is 32.7. The first-order chi connectivity index (χ1) is 23.5. The lowest BCUT2D eigenvalue weighted by molar-refractivity contribution is -0.150. The van der Waals surface area contributed by atoms with Crippen LogP contribution >= 0.6 is 0 Å². The number of esters is 2. The summed E-state index contributed by atoms with van der Waals surface area (Å²) in [7, 11) is 0. The van der Waals surface area contributed by atoms with Crippen LogP contribution in [-0.4, -0.2) is 60.9 Å². The molecule has 1 atom stereocenters. The summed E-state index contributed by atoms with van der Waals surface area (Å²) in [5.74, 6) is 0.585. The molecule has 0 aliphatic heterocycles. The number of carbonyl (C=O) groups excluding carboxylic acids is 2. The van der Waals surface area contributed by atoms with Crippen molar-refractivity contribution in [1.29, 1.82) is 0 Å². The third-order valence-electron chi connectivity index (χ3n) is 9.70. The third-order valence-corrected chi connectivity index (χ3v) is 9.70. The Kier molecular flexibility index (Phi) is 36.2. The Hall–Kier alpha value is -1.14. The molecule has 0 aromatic heterocycles. The van der Waals surface area contributed by atoms with Gasteiger partial charge in [0, 0.05) is 32.5 Å². The fourth-order valence-corrected chi connectivity index (χ4v) is 6.62. The molecule has 0 radical (unpaired) electrons. The van der Waals surface area contributed by atoms with Gasteiger partial charge in [0.2, 0.25) is 0 Å². The molecule has 0 aliphatic carbocycles. The van der Waals surface area contributed by atoms with Crippen LogP contribution < -0.4 is 0 Å². The SMILES string of the molecule is CCCCCCCCC(CCCCCCCC)OC(=O)CCCCCC(C)CN(CCCO)CCCCCCCC(=O)OCCCCC. The number of rotatable bonds is 38. The van der Waals surface area contributed by atoms with Crippen molar-refractivity contribution in [3.8, 4) is 0 Å². The number of carbonyl (C=O) groups is 2. The highest BCUT2D eigenvalue weighted by Gasteiger charge is 2.15. The van der Waals surface area contributed by atoms with E-state index in [0.717, 1.165) is 96.7 Å². The van der Waals surface area contributed by atoms with E-state index in [2.05, 4.69) is 32.6 Å².